The highest BCUT2D eigenvalue weighted by Gasteiger charge is 2.12. The zero-order valence-electron chi connectivity index (χ0n) is 18.3. The third-order valence-electron chi connectivity index (χ3n) is 5.50. The number of halogens is 2. The molecule has 0 saturated heterocycles. The van der Waals surface area contributed by atoms with Crippen LogP contribution in [0.15, 0.2) is 78.9 Å². The van der Waals surface area contributed by atoms with E-state index in [1.165, 1.54) is 6.07 Å². The Labute approximate surface area is 197 Å². The maximum atomic E-state index is 13.8. The van der Waals surface area contributed by atoms with Crippen molar-refractivity contribution in [2.24, 2.45) is 0 Å². The van der Waals surface area contributed by atoms with Gasteiger partial charge in [0, 0.05) is 33.2 Å². The summed E-state index contributed by atoms with van der Waals surface area (Å²) >= 11 is 6.29. The van der Waals surface area contributed by atoms with Crippen LogP contribution in [-0.4, -0.2) is 4.57 Å². The van der Waals surface area contributed by atoms with Crippen molar-refractivity contribution in [1.82, 2.24) is 4.57 Å². The summed E-state index contributed by atoms with van der Waals surface area (Å²) in [5.41, 5.74) is 5.70. The van der Waals surface area contributed by atoms with Crippen molar-refractivity contribution in [3.05, 3.63) is 118 Å². The van der Waals surface area contributed by atoms with E-state index in [9.17, 15) is 9.65 Å². The van der Waals surface area contributed by atoms with E-state index in [4.69, 9.17) is 16.3 Å². The second kappa shape index (κ2) is 9.77. The number of allylic oxidation sites excluding steroid dienone is 1. The molecule has 164 valence electrons. The summed E-state index contributed by atoms with van der Waals surface area (Å²) in [7, 11) is 0. The SMILES string of the molecule is Cc1cc(C=C(C#N)c2ccccc2Cl)c(C)n1-c1ccc(OCc2ccccc2F)cc1. The van der Waals surface area contributed by atoms with E-state index < -0.39 is 0 Å². The summed E-state index contributed by atoms with van der Waals surface area (Å²) in [5, 5.41) is 10.3. The molecule has 0 radical (unpaired) electrons. The Balaban J connectivity index is 1.59. The number of nitrogens with zero attached hydrogens (tertiary/aromatic N) is 2. The molecule has 0 aliphatic carbocycles. The number of hydrogen-bond acceptors (Lipinski definition) is 2. The Bertz CT molecular complexity index is 1360. The molecular weight excluding hydrogens is 435 g/mol. The fourth-order valence-corrected chi connectivity index (χ4v) is 4.04. The van der Waals surface area contributed by atoms with Crippen molar-refractivity contribution in [3.8, 4) is 17.5 Å². The smallest absolute Gasteiger partial charge is 0.129 e. The van der Waals surface area contributed by atoms with Crippen molar-refractivity contribution in [2.75, 3.05) is 0 Å². The van der Waals surface area contributed by atoms with Crippen LogP contribution in [0.25, 0.3) is 17.3 Å². The second-order valence-electron chi connectivity index (χ2n) is 7.69. The van der Waals surface area contributed by atoms with Crippen LogP contribution in [0.5, 0.6) is 5.75 Å². The lowest BCUT2D eigenvalue weighted by molar-refractivity contribution is 0.300. The number of aromatic nitrogens is 1. The van der Waals surface area contributed by atoms with Gasteiger partial charge in [0.2, 0.25) is 0 Å². The van der Waals surface area contributed by atoms with Crippen molar-refractivity contribution >= 4 is 23.3 Å². The van der Waals surface area contributed by atoms with E-state index in [1.54, 1.807) is 24.3 Å². The van der Waals surface area contributed by atoms with Crippen LogP contribution in [0.4, 0.5) is 4.39 Å². The number of ether oxygens (including phenoxy) is 1. The van der Waals surface area contributed by atoms with E-state index >= 15 is 0 Å². The van der Waals surface area contributed by atoms with E-state index in [2.05, 4.69) is 10.6 Å². The van der Waals surface area contributed by atoms with Gasteiger partial charge >= 0.3 is 0 Å². The summed E-state index contributed by atoms with van der Waals surface area (Å²) in [6.45, 7) is 4.21. The molecule has 0 saturated carbocycles. The zero-order chi connectivity index (χ0) is 23.4. The molecule has 0 unspecified atom stereocenters. The Morgan fingerprint density at radius 2 is 1.73 bits per heavy atom. The largest absolute Gasteiger partial charge is 0.489 e. The molecule has 0 N–H and O–H groups in total. The van der Waals surface area contributed by atoms with Gasteiger partial charge in [-0.15, -0.1) is 0 Å². The van der Waals surface area contributed by atoms with Gasteiger partial charge in [0.15, 0.2) is 0 Å². The highest BCUT2D eigenvalue weighted by molar-refractivity contribution is 6.32. The van der Waals surface area contributed by atoms with Gasteiger partial charge < -0.3 is 9.30 Å². The Morgan fingerprint density at radius 3 is 2.42 bits per heavy atom. The predicted octanol–water partition coefficient (Wildman–Crippen LogP) is 7.53. The molecule has 0 aliphatic rings. The van der Waals surface area contributed by atoms with Crippen molar-refractivity contribution in [1.29, 1.82) is 5.26 Å². The van der Waals surface area contributed by atoms with Gasteiger partial charge in [0.1, 0.15) is 18.2 Å². The van der Waals surface area contributed by atoms with Gasteiger partial charge in [-0.3, -0.25) is 0 Å². The molecule has 0 fully saturated rings. The van der Waals surface area contributed by atoms with Crippen molar-refractivity contribution < 1.29 is 9.13 Å². The van der Waals surface area contributed by atoms with Gasteiger partial charge in [-0.1, -0.05) is 48.0 Å². The fraction of sp³-hybridized carbons (Fsp3) is 0.107. The lowest BCUT2D eigenvalue weighted by Crippen LogP contribution is -2.01. The Hall–Kier alpha value is -3.81. The summed E-state index contributed by atoms with van der Waals surface area (Å²) < 4.78 is 21.7. The van der Waals surface area contributed by atoms with Gasteiger partial charge in [0.05, 0.1) is 11.6 Å². The second-order valence-corrected chi connectivity index (χ2v) is 8.09. The lowest BCUT2D eigenvalue weighted by Gasteiger charge is -2.12. The minimum absolute atomic E-state index is 0.168. The van der Waals surface area contributed by atoms with Crippen LogP contribution in [0, 0.1) is 31.0 Å². The number of rotatable bonds is 6. The average Bonchev–Trinajstić information content (AvgIpc) is 3.10. The lowest BCUT2D eigenvalue weighted by atomic mass is 10.0. The quantitative estimate of drug-likeness (QED) is 0.281. The number of aryl methyl sites for hydroxylation is 1. The molecule has 3 nitrogen and oxygen atoms in total. The molecule has 0 spiro atoms. The molecule has 33 heavy (non-hydrogen) atoms. The molecule has 0 bridgehead atoms. The predicted molar refractivity (Wildman–Crippen MR) is 131 cm³/mol. The van der Waals surface area contributed by atoms with Crippen LogP contribution in [0.2, 0.25) is 5.02 Å². The zero-order valence-corrected chi connectivity index (χ0v) is 19.1. The number of benzene rings is 3. The fourth-order valence-electron chi connectivity index (χ4n) is 3.80. The van der Waals surface area contributed by atoms with Crippen LogP contribution < -0.4 is 4.74 Å². The molecule has 1 heterocycles. The third-order valence-corrected chi connectivity index (χ3v) is 5.83. The molecule has 5 heteroatoms. The summed E-state index contributed by atoms with van der Waals surface area (Å²) in [4.78, 5) is 0. The van der Waals surface area contributed by atoms with Crippen molar-refractivity contribution in [2.45, 2.75) is 20.5 Å². The van der Waals surface area contributed by atoms with Crippen LogP contribution in [0.1, 0.15) is 28.1 Å². The van der Waals surface area contributed by atoms with Crippen LogP contribution >= 0.6 is 11.6 Å². The van der Waals surface area contributed by atoms with Gasteiger partial charge in [0.25, 0.3) is 0 Å². The molecule has 0 aliphatic heterocycles. The topological polar surface area (TPSA) is 38.0 Å². The highest BCUT2D eigenvalue weighted by Crippen LogP contribution is 2.29. The maximum Gasteiger partial charge on any atom is 0.129 e. The minimum Gasteiger partial charge on any atom is -0.489 e. The Kier molecular flexibility index (Phi) is 6.63. The molecule has 4 aromatic rings. The third kappa shape index (κ3) is 4.84. The minimum atomic E-state index is -0.276. The molecule has 4 rings (SSSR count). The summed E-state index contributed by atoms with van der Waals surface area (Å²) in [6, 6.07) is 25.9. The summed E-state index contributed by atoms with van der Waals surface area (Å²) in [5.74, 6) is 0.386. The molecule has 0 atom stereocenters. The normalized spacial score (nSPS) is 11.3. The first-order valence-electron chi connectivity index (χ1n) is 10.5. The monoisotopic (exact) mass is 456 g/mol. The highest BCUT2D eigenvalue weighted by atomic mass is 35.5. The van der Waals surface area contributed by atoms with E-state index in [-0.39, 0.29) is 12.4 Å². The maximum absolute atomic E-state index is 13.8. The first kappa shape index (κ1) is 22.4. The van der Waals surface area contributed by atoms with Crippen LogP contribution in [0.3, 0.4) is 0 Å². The number of hydrogen-bond donors (Lipinski definition) is 0. The van der Waals surface area contributed by atoms with Gasteiger partial charge in [-0.05, 0) is 68.0 Å². The molecule has 3 aromatic carbocycles. The standard InChI is InChI=1S/C28H22ClFN2O/c1-19-15-22(16-23(17-31)26-8-4-5-9-27(26)29)20(2)32(19)24-11-13-25(14-12-24)33-18-21-7-3-6-10-28(21)30/h3-16H,18H2,1-2H3. The average molecular weight is 457 g/mol. The van der Waals surface area contributed by atoms with E-state index in [0.717, 1.165) is 22.6 Å². The molecule has 0 amide bonds. The van der Waals surface area contributed by atoms with Gasteiger partial charge in [-0.2, -0.15) is 5.26 Å². The van der Waals surface area contributed by atoms with Gasteiger partial charge in [-0.25, -0.2) is 4.39 Å². The van der Waals surface area contributed by atoms with Crippen molar-refractivity contribution in [3.63, 3.8) is 0 Å². The first-order chi connectivity index (χ1) is 16.0. The molecular formula is C28H22ClFN2O. The summed E-state index contributed by atoms with van der Waals surface area (Å²) in [6.07, 6.45) is 1.87. The van der Waals surface area contributed by atoms with E-state index in [0.29, 0.717) is 27.5 Å². The molecule has 1 aromatic heterocycles. The first-order valence-corrected chi connectivity index (χ1v) is 10.9. The Morgan fingerprint density at radius 1 is 1.03 bits per heavy atom. The van der Waals surface area contributed by atoms with E-state index in [1.807, 2.05) is 68.5 Å². The van der Waals surface area contributed by atoms with Crippen LogP contribution in [-0.2, 0) is 6.61 Å². The number of nitriles is 1.